The first-order valence-corrected chi connectivity index (χ1v) is 7.52. The molecule has 0 bridgehead atoms. The lowest BCUT2D eigenvalue weighted by molar-refractivity contribution is -0.134. The highest BCUT2D eigenvalue weighted by Gasteiger charge is 2.24. The van der Waals surface area contributed by atoms with Gasteiger partial charge in [-0.05, 0) is 38.9 Å². The molecule has 2 N–H and O–H groups in total. The molecule has 0 radical (unpaired) electrons. The summed E-state index contributed by atoms with van der Waals surface area (Å²) in [6, 6.07) is -0.118. The Balaban J connectivity index is 2.37. The van der Waals surface area contributed by atoms with Crippen molar-refractivity contribution in [2.45, 2.75) is 32.2 Å². The van der Waals surface area contributed by atoms with Gasteiger partial charge in [-0.1, -0.05) is 6.92 Å². The number of piperidine rings is 1. The number of sulfonamides is 1. The molecule has 1 heterocycles. The van der Waals surface area contributed by atoms with E-state index in [2.05, 4.69) is 16.5 Å². The molecule has 0 saturated carbocycles. The monoisotopic (exact) mass is 264 g/mol. The first-order valence-electron chi connectivity index (χ1n) is 5.87. The molecule has 100 valence electrons. The molecule has 0 unspecified atom stereocenters. The third kappa shape index (κ3) is 5.47. The molecule has 1 saturated heterocycles. The Bertz CT molecular complexity index is 347. The molecule has 1 rings (SSSR count). The van der Waals surface area contributed by atoms with Crippen LogP contribution in [-0.4, -0.2) is 55.8 Å². The number of nitrogens with zero attached hydrogens (tertiary/aromatic N) is 1. The van der Waals surface area contributed by atoms with Gasteiger partial charge in [0.05, 0.1) is 0 Å². The van der Waals surface area contributed by atoms with E-state index < -0.39 is 21.7 Å². The number of aliphatic carboxylic acids is 1. The summed E-state index contributed by atoms with van der Waals surface area (Å²) in [6.07, 6.45) is 2.59. The maximum Gasteiger partial charge on any atom is 0.320 e. The summed E-state index contributed by atoms with van der Waals surface area (Å²) in [4.78, 5) is 12.7. The Labute approximate surface area is 102 Å². The van der Waals surface area contributed by atoms with Crippen molar-refractivity contribution in [3.8, 4) is 0 Å². The highest BCUT2D eigenvalue weighted by atomic mass is 32.2. The lowest BCUT2D eigenvalue weighted by atomic mass is 10.1. The second-order valence-electron chi connectivity index (χ2n) is 4.39. The van der Waals surface area contributed by atoms with Crippen LogP contribution in [0, 0.1) is 0 Å². The molecule has 0 atom stereocenters. The second kappa shape index (κ2) is 6.32. The molecule has 0 aromatic carbocycles. The molecule has 0 spiro atoms. The highest BCUT2D eigenvalue weighted by Crippen LogP contribution is 2.11. The van der Waals surface area contributed by atoms with Crippen LogP contribution in [0.5, 0.6) is 0 Å². The first-order chi connectivity index (χ1) is 7.93. The van der Waals surface area contributed by atoms with E-state index >= 15 is 0 Å². The average molecular weight is 264 g/mol. The fourth-order valence-electron chi connectivity index (χ4n) is 2.05. The number of likely N-dealkylation sites (tertiary alicyclic amines) is 1. The maximum atomic E-state index is 11.4. The summed E-state index contributed by atoms with van der Waals surface area (Å²) >= 11 is 0. The van der Waals surface area contributed by atoms with E-state index in [1.165, 1.54) is 0 Å². The van der Waals surface area contributed by atoms with Gasteiger partial charge in [-0.2, -0.15) is 0 Å². The van der Waals surface area contributed by atoms with E-state index in [-0.39, 0.29) is 6.04 Å². The van der Waals surface area contributed by atoms with Gasteiger partial charge in [-0.15, -0.1) is 0 Å². The number of carbonyl (C=O) groups is 1. The van der Waals surface area contributed by atoms with Gasteiger partial charge in [0.15, 0.2) is 5.75 Å². The van der Waals surface area contributed by atoms with Crippen molar-refractivity contribution < 1.29 is 18.3 Å². The van der Waals surface area contributed by atoms with Gasteiger partial charge >= 0.3 is 5.97 Å². The van der Waals surface area contributed by atoms with Crippen molar-refractivity contribution in [1.29, 1.82) is 0 Å². The molecular formula is C10H20N2O4S. The SMILES string of the molecule is CCCN1CCC(NS(=O)(=O)CC(=O)O)CC1. The molecule has 1 aliphatic heterocycles. The average Bonchev–Trinajstić information content (AvgIpc) is 2.18. The fraction of sp³-hybridized carbons (Fsp3) is 0.900. The highest BCUT2D eigenvalue weighted by molar-refractivity contribution is 7.90. The third-order valence-electron chi connectivity index (χ3n) is 2.79. The smallest absolute Gasteiger partial charge is 0.320 e. The normalized spacial score (nSPS) is 19.4. The van der Waals surface area contributed by atoms with Crippen LogP contribution in [0.3, 0.4) is 0 Å². The topological polar surface area (TPSA) is 86.7 Å². The zero-order valence-corrected chi connectivity index (χ0v) is 10.9. The van der Waals surface area contributed by atoms with Gasteiger partial charge in [-0.3, -0.25) is 4.79 Å². The summed E-state index contributed by atoms with van der Waals surface area (Å²) < 4.78 is 25.3. The molecule has 17 heavy (non-hydrogen) atoms. The van der Waals surface area contributed by atoms with Crippen LogP contribution in [0.4, 0.5) is 0 Å². The van der Waals surface area contributed by atoms with Crippen LogP contribution < -0.4 is 4.72 Å². The van der Waals surface area contributed by atoms with Crippen molar-refractivity contribution in [2.24, 2.45) is 0 Å². The van der Waals surface area contributed by atoms with Gasteiger partial charge in [0.1, 0.15) is 0 Å². The van der Waals surface area contributed by atoms with Crippen molar-refractivity contribution in [3.05, 3.63) is 0 Å². The number of hydrogen-bond acceptors (Lipinski definition) is 4. The lowest BCUT2D eigenvalue weighted by Crippen LogP contribution is -2.46. The van der Waals surface area contributed by atoms with Crippen molar-refractivity contribution in [1.82, 2.24) is 9.62 Å². The van der Waals surface area contributed by atoms with Gasteiger partial charge < -0.3 is 10.0 Å². The fourth-order valence-corrected chi connectivity index (χ4v) is 3.20. The molecule has 0 aromatic heterocycles. The lowest BCUT2D eigenvalue weighted by Gasteiger charge is -2.31. The van der Waals surface area contributed by atoms with E-state index in [1.54, 1.807) is 0 Å². The number of carboxylic acids is 1. The molecule has 1 aliphatic rings. The minimum absolute atomic E-state index is 0.118. The van der Waals surface area contributed by atoms with Crippen LogP contribution in [-0.2, 0) is 14.8 Å². The summed E-state index contributed by atoms with van der Waals surface area (Å²) in [5.41, 5.74) is 0. The predicted octanol–water partition coefficient (Wildman–Crippen LogP) is -0.135. The largest absolute Gasteiger partial charge is 0.480 e. The summed E-state index contributed by atoms with van der Waals surface area (Å²) in [6.45, 7) is 4.89. The summed E-state index contributed by atoms with van der Waals surface area (Å²) in [5.74, 6) is -2.16. The van der Waals surface area contributed by atoms with E-state index in [0.29, 0.717) is 0 Å². The molecule has 6 nitrogen and oxygen atoms in total. The van der Waals surface area contributed by atoms with Gasteiger partial charge in [0.25, 0.3) is 0 Å². The van der Waals surface area contributed by atoms with Crippen LogP contribution in [0.1, 0.15) is 26.2 Å². The number of rotatable bonds is 6. The van der Waals surface area contributed by atoms with Crippen LogP contribution in [0.2, 0.25) is 0 Å². The number of hydrogen-bond donors (Lipinski definition) is 2. The molecule has 1 fully saturated rings. The van der Waals surface area contributed by atoms with Crippen molar-refractivity contribution in [2.75, 3.05) is 25.4 Å². The van der Waals surface area contributed by atoms with E-state index in [0.717, 1.165) is 38.9 Å². The van der Waals surface area contributed by atoms with Crippen LogP contribution in [0.25, 0.3) is 0 Å². The Morgan fingerprint density at radius 2 is 2.00 bits per heavy atom. The maximum absolute atomic E-state index is 11.4. The molecule has 7 heteroatoms. The van der Waals surface area contributed by atoms with Gasteiger partial charge in [0, 0.05) is 6.04 Å². The van der Waals surface area contributed by atoms with E-state index in [9.17, 15) is 13.2 Å². The predicted molar refractivity (Wildman–Crippen MR) is 64.3 cm³/mol. The number of carboxylic acid groups (broad SMARTS) is 1. The molecule has 0 aliphatic carbocycles. The molecular weight excluding hydrogens is 244 g/mol. The zero-order chi connectivity index (χ0) is 12.9. The number of nitrogens with one attached hydrogen (secondary N) is 1. The van der Waals surface area contributed by atoms with Crippen LogP contribution >= 0.6 is 0 Å². The van der Waals surface area contributed by atoms with E-state index in [4.69, 9.17) is 5.11 Å². The summed E-state index contributed by atoms with van der Waals surface area (Å²) in [7, 11) is -3.68. The van der Waals surface area contributed by atoms with Gasteiger partial charge in [0.2, 0.25) is 10.0 Å². The minimum atomic E-state index is -3.68. The van der Waals surface area contributed by atoms with Crippen LogP contribution in [0.15, 0.2) is 0 Å². The zero-order valence-electron chi connectivity index (χ0n) is 10.1. The standard InChI is InChI=1S/C10H20N2O4S/c1-2-5-12-6-3-9(4-7-12)11-17(15,16)8-10(13)14/h9,11H,2-8H2,1H3,(H,13,14). The Hall–Kier alpha value is -0.660. The Morgan fingerprint density at radius 1 is 1.41 bits per heavy atom. The van der Waals surface area contributed by atoms with Crippen molar-refractivity contribution >= 4 is 16.0 Å². The molecule has 0 aromatic rings. The molecule has 0 amide bonds. The first kappa shape index (κ1) is 14.4. The third-order valence-corrected chi connectivity index (χ3v) is 4.11. The van der Waals surface area contributed by atoms with E-state index in [1.807, 2.05) is 0 Å². The second-order valence-corrected chi connectivity index (χ2v) is 6.14. The summed E-state index contributed by atoms with van der Waals surface area (Å²) in [5, 5.41) is 8.46. The minimum Gasteiger partial charge on any atom is -0.480 e. The van der Waals surface area contributed by atoms with Gasteiger partial charge in [-0.25, -0.2) is 13.1 Å². The van der Waals surface area contributed by atoms with Crippen molar-refractivity contribution in [3.63, 3.8) is 0 Å². The Kier molecular flexibility index (Phi) is 5.35. The quantitative estimate of drug-likeness (QED) is 0.697. The Morgan fingerprint density at radius 3 is 2.47 bits per heavy atom.